The second-order valence-corrected chi connectivity index (χ2v) is 13.9. The van der Waals surface area contributed by atoms with E-state index in [0.717, 1.165) is 71.7 Å². The smallest absolute Gasteiger partial charge is 0.164 e. The molecule has 0 aliphatic rings. The molecule has 0 spiro atoms. The minimum absolute atomic E-state index is 0.599. The molecule has 4 aromatic heterocycles. The first-order valence-electron chi connectivity index (χ1n) is 16.8. The van der Waals surface area contributed by atoms with Crippen molar-refractivity contribution in [2.45, 2.75) is 0 Å². The van der Waals surface area contributed by atoms with Gasteiger partial charge in [-0.25, -0.2) is 15.0 Å². The SMILES string of the molecule is c1ccc(-c2nc(-c3ccc4c(c3)oc3ccccc34)nc(-c3ccc4c(c3)sc3ccc(-c5cccc6c5oc5ccccc56)cc34)n2)cc1. The van der Waals surface area contributed by atoms with Gasteiger partial charge in [0.2, 0.25) is 0 Å². The van der Waals surface area contributed by atoms with Gasteiger partial charge < -0.3 is 8.83 Å². The van der Waals surface area contributed by atoms with Gasteiger partial charge in [-0.3, -0.25) is 0 Å². The van der Waals surface area contributed by atoms with Crippen LogP contribution in [0.15, 0.2) is 160 Å². The highest BCUT2D eigenvalue weighted by Gasteiger charge is 2.17. The van der Waals surface area contributed by atoms with Gasteiger partial charge in [0.15, 0.2) is 17.5 Å². The van der Waals surface area contributed by atoms with E-state index in [2.05, 4.69) is 84.9 Å². The van der Waals surface area contributed by atoms with Crippen molar-refractivity contribution in [3.8, 4) is 45.3 Å². The lowest BCUT2D eigenvalue weighted by atomic mass is 10.00. The highest BCUT2D eigenvalue weighted by atomic mass is 32.1. The van der Waals surface area contributed by atoms with Gasteiger partial charge in [0.1, 0.15) is 22.3 Å². The molecule has 4 heterocycles. The molecule has 5 nitrogen and oxygen atoms in total. The standard InChI is InChI=1S/C45H25N3O2S/c1-2-9-26(10-3-1)43-46-44(28-17-20-33-31-11-4-6-15-37(31)49-39(33)24-28)48-45(47-43)29-18-21-34-36-23-27(19-22-40(36)51-41(34)25-29)30-13-8-14-35-32-12-5-7-16-38(32)50-42(30)35/h1-25H. The van der Waals surface area contributed by atoms with Crippen LogP contribution in [0.2, 0.25) is 0 Å². The first kappa shape index (κ1) is 28.2. The predicted molar refractivity (Wildman–Crippen MR) is 209 cm³/mol. The molecule has 0 saturated heterocycles. The van der Waals surface area contributed by atoms with Crippen LogP contribution in [0.25, 0.3) is 109 Å². The van der Waals surface area contributed by atoms with Crippen LogP contribution < -0.4 is 0 Å². The van der Waals surface area contributed by atoms with Crippen LogP contribution in [0.5, 0.6) is 0 Å². The van der Waals surface area contributed by atoms with Gasteiger partial charge in [0.25, 0.3) is 0 Å². The third-order valence-electron chi connectivity index (χ3n) is 9.75. The average Bonchev–Trinajstić information content (AvgIpc) is 3.88. The highest BCUT2D eigenvalue weighted by Crippen LogP contribution is 2.41. The minimum atomic E-state index is 0.599. The topological polar surface area (TPSA) is 65.0 Å². The quantitative estimate of drug-likeness (QED) is 0.186. The molecular formula is C45H25N3O2S. The van der Waals surface area contributed by atoms with Crippen molar-refractivity contribution in [1.82, 2.24) is 15.0 Å². The molecule has 11 aromatic rings. The highest BCUT2D eigenvalue weighted by molar-refractivity contribution is 7.25. The van der Waals surface area contributed by atoms with E-state index in [1.54, 1.807) is 11.3 Å². The fraction of sp³-hybridized carbons (Fsp3) is 0. The monoisotopic (exact) mass is 671 g/mol. The summed E-state index contributed by atoms with van der Waals surface area (Å²) in [7, 11) is 0. The number of nitrogens with zero attached hydrogens (tertiary/aromatic N) is 3. The van der Waals surface area contributed by atoms with E-state index in [1.807, 2.05) is 66.7 Å². The molecule has 0 radical (unpaired) electrons. The molecule has 0 atom stereocenters. The maximum Gasteiger partial charge on any atom is 0.164 e. The second kappa shape index (κ2) is 10.9. The second-order valence-electron chi connectivity index (χ2n) is 12.8. The Morgan fingerprint density at radius 3 is 1.76 bits per heavy atom. The van der Waals surface area contributed by atoms with Crippen molar-refractivity contribution < 1.29 is 8.83 Å². The summed E-state index contributed by atoms with van der Waals surface area (Å²) in [5.41, 5.74) is 8.45. The third-order valence-corrected chi connectivity index (χ3v) is 10.9. The summed E-state index contributed by atoms with van der Waals surface area (Å²) >= 11 is 1.78. The number of thiophene rings is 1. The number of furan rings is 2. The zero-order valence-corrected chi connectivity index (χ0v) is 27.8. The molecule has 0 unspecified atom stereocenters. The van der Waals surface area contributed by atoms with Gasteiger partial charge in [-0.1, -0.05) is 109 Å². The van der Waals surface area contributed by atoms with Crippen LogP contribution in [0.4, 0.5) is 0 Å². The zero-order valence-electron chi connectivity index (χ0n) is 27.0. The molecule has 6 heteroatoms. The van der Waals surface area contributed by atoms with E-state index in [-0.39, 0.29) is 0 Å². The number of hydrogen-bond donors (Lipinski definition) is 0. The van der Waals surface area contributed by atoms with Gasteiger partial charge >= 0.3 is 0 Å². The Hall–Kier alpha value is -6.63. The first-order chi connectivity index (χ1) is 25.2. The van der Waals surface area contributed by atoms with Crippen LogP contribution in [-0.2, 0) is 0 Å². The van der Waals surface area contributed by atoms with E-state index in [9.17, 15) is 0 Å². The fourth-order valence-corrected chi connectivity index (χ4v) is 8.40. The van der Waals surface area contributed by atoms with Crippen LogP contribution in [-0.4, -0.2) is 15.0 Å². The lowest BCUT2D eigenvalue weighted by Crippen LogP contribution is -2.00. The third kappa shape index (κ3) is 4.50. The van der Waals surface area contributed by atoms with Crippen LogP contribution in [0.1, 0.15) is 0 Å². The predicted octanol–water partition coefficient (Wildman–Crippen LogP) is 12.7. The number of fused-ring (bicyclic) bond motifs is 9. The first-order valence-corrected chi connectivity index (χ1v) is 17.7. The lowest BCUT2D eigenvalue weighted by Gasteiger charge is -2.08. The Morgan fingerprint density at radius 1 is 0.353 bits per heavy atom. The Balaban J connectivity index is 1.04. The van der Waals surface area contributed by atoms with Crippen LogP contribution >= 0.6 is 11.3 Å². The molecule has 0 aliphatic carbocycles. The van der Waals surface area contributed by atoms with E-state index in [1.165, 1.54) is 20.2 Å². The summed E-state index contributed by atoms with van der Waals surface area (Å²) in [5, 5.41) is 6.84. The Kier molecular flexibility index (Phi) is 6.05. The molecule has 0 N–H and O–H groups in total. The number of aromatic nitrogens is 3. The largest absolute Gasteiger partial charge is 0.456 e. The van der Waals surface area contributed by atoms with Gasteiger partial charge in [-0.2, -0.15) is 0 Å². The Bertz CT molecular complexity index is 3160. The van der Waals surface area contributed by atoms with E-state index < -0.39 is 0 Å². The maximum atomic E-state index is 6.38. The van der Waals surface area contributed by atoms with E-state index in [0.29, 0.717) is 17.5 Å². The Morgan fingerprint density at radius 2 is 0.961 bits per heavy atom. The minimum Gasteiger partial charge on any atom is -0.456 e. The summed E-state index contributed by atoms with van der Waals surface area (Å²) in [6, 6.07) is 52.2. The van der Waals surface area contributed by atoms with Gasteiger partial charge in [-0.05, 0) is 48.0 Å². The number of benzene rings is 7. The molecule has 0 saturated carbocycles. The van der Waals surface area contributed by atoms with Gasteiger partial charge in [0.05, 0.1) is 0 Å². The van der Waals surface area contributed by atoms with E-state index >= 15 is 0 Å². The van der Waals surface area contributed by atoms with Crippen molar-refractivity contribution in [3.05, 3.63) is 152 Å². The van der Waals surface area contributed by atoms with Crippen LogP contribution in [0.3, 0.4) is 0 Å². The Labute approximate surface area is 295 Å². The molecule has 0 fully saturated rings. The molecule has 0 bridgehead atoms. The van der Waals surface area contributed by atoms with Crippen molar-refractivity contribution >= 4 is 75.4 Å². The molecule has 238 valence electrons. The maximum absolute atomic E-state index is 6.38. The molecule has 51 heavy (non-hydrogen) atoms. The zero-order chi connectivity index (χ0) is 33.5. The summed E-state index contributed by atoms with van der Waals surface area (Å²) in [6.45, 7) is 0. The number of hydrogen-bond acceptors (Lipinski definition) is 6. The lowest BCUT2D eigenvalue weighted by molar-refractivity contribution is 0.669. The number of rotatable bonds is 4. The van der Waals surface area contributed by atoms with Crippen molar-refractivity contribution in [2.24, 2.45) is 0 Å². The molecule has 7 aromatic carbocycles. The van der Waals surface area contributed by atoms with Crippen LogP contribution in [0, 0.1) is 0 Å². The molecule has 11 rings (SSSR count). The molecular weight excluding hydrogens is 647 g/mol. The molecule has 0 amide bonds. The number of para-hydroxylation sites is 3. The summed E-state index contributed by atoms with van der Waals surface area (Å²) in [5.74, 6) is 1.85. The summed E-state index contributed by atoms with van der Waals surface area (Å²) < 4.78 is 15.0. The molecule has 0 aliphatic heterocycles. The van der Waals surface area contributed by atoms with Gasteiger partial charge in [-0.15, -0.1) is 11.3 Å². The van der Waals surface area contributed by atoms with Crippen molar-refractivity contribution in [3.63, 3.8) is 0 Å². The van der Waals surface area contributed by atoms with E-state index in [4.69, 9.17) is 23.8 Å². The normalized spacial score (nSPS) is 11.9. The fourth-order valence-electron chi connectivity index (χ4n) is 7.27. The van der Waals surface area contributed by atoms with Gasteiger partial charge in [0, 0.05) is 64.0 Å². The summed E-state index contributed by atoms with van der Waals surface area (Å²) in [6.07, 6.45) is 0. The summed E-state index contributed by atoms with van der Waals surface area (Å²) in [4.78, 5) is 15.0. The average molecular weight is 672 g/mol. The van der Waals surface area contributed by atoms with Crippen molar-refractivity contribution in [2.75, 3.05) is 0 Å². The van der Waals surface area contributed by atoms with Crippen molar-refractivity contribution in [1.29, 1.82) is 0 Å².